The molecule has 27 heavy (non-hydrogen) atoms. The molecule has 6 heteroatoms. The Bertz CT molecular complexity index is 934. The lowest BCUT2D eigenvalue weighted by Gasteiger charge is -2.18. The zero-order valence-corrected chi connectivity index (χ0v) is 16.8. The van der Waals surface area contributed by atoms with Crippen LogP contribution in [0.15, 0.2) is 47.4 Å². The fourth-order valence-corrected chi connectivity index (χ4v) is 4.28. The Labute approximate surface area is 161 Å². The van der Waals surface area contributed by atoms with Gasteiger partial charge in [-0.25, -0.2) is 13.1 Å². The van der Waals surface area contributed by atoms with Crippen LogP contribution in [-0.4, -0.2) is 20.9 Å². The fraction of sp³-hybridized carbons (Fsp3) is 0.381. The zero-order chi connectivity index (χ0) is 19.6. The van der Waals surface area contributed by atoms with Crippen LogP contribution < -0.4 is 9.62 Å². The second kappa shape index (κ2) is 7.82. The highest BCUT2D eigenvalue weighted by Crippen LogP contribution is 2.30. The third-order valence-corrected chi connectivity index (χ3v) is 6.14. The van der Waals surface area contributed by atoms with Crippen molar-refractivity contribution in [3.63, 3.8) is 0 Å². The van der Waals surface area contributed by atoms with Crippen LogP contribution in [0.5, 0.6) is 0 Å². The van der Waals surface area contributed by atoms with E-state index in [1.807, 2.05) is 43.9 Å². The second-order valence-electron chi connectivity index (χ2n) is 7.49. The lowest BCUT2D eigenvalue weighted by molar-refractivity contribution is -0.119. The maximum Gasteiger partial charge on any atom is 0.240 e. The van der Waals surface area contributed by atoms with Gasteiger partial charge in [0, 0.05) is 25.2 Å². The third kappa shape index (κ3) is 4.57. The van der Waals surface area contributed by atoms with Crippen LogP contribution in [0.2, 0.25) is 0 Å². The average Bonchev–Trinajstić information content (AvgIpc) is 3.03. The predicted octanol–water partition coefficient (Wildman–Crippen LogP) is 3.41. The average molecular weight is 387 g/mol. The summed E-state index contributed by atoms with van der Waals surface area (Å²) in [6, 6.07) is 12.6. The number of aryl methyl sites for hydroxylation is 1. The van der Waals surface area contributed by atoms with E-state index in [1.54, 1.807) is 24.3 Å². The number of benzene rings is 2. The number of hydrogen-bond donors (Lipinski definition) is 1. The van der Waals surface area contributed by atoms with E-state index in [0.29, 0.717) is 18.9 Å². The van der Waals surface area contributed by atoms with E-state index in [-0.39, 0.29) is 17.3 Å². The Hall–Kier alpha value is -2.18. The molecule has 144 valence electrons. The highest BCUT2D eigenvalue weighted by molar-refractivity contribution is 7.89. The van der Waals surface area contributed by atoms with Gasteiger partial charge in [-0.05, 0) is 48.6 Å². The van der Waals surface area contributed by atoms with Crippen LogP contribution in [0.25, 0.3) is 0 Å². The topological polar surface area (TPSA) is 66.5 Å². The molecule has 0 saturated carbocycles. The van der Waals surface area contributed by atoms with E-state index in [1.165, 1.54) is 0 Å². The molecule has 0 aromatic heterocycles. The van der Waals surface area contributed by atoms with Crippen molar-refractivity contribution in [3.05, 3.63) is 59.2 Å². The molecule has 0 aliphatic carbocycles. The third-order valence-electron chi connectivity index (χ3n) is 4.72. The SMILES string of the molecule is Cc1ccc(S(=O)(=O)NCc2ccc3c(c2)CCN3C(=O)CC(C)C)cc1. The zero-order valence-electron chi connectivity index (χ0n) is 16.0. The molecule has 1 aliphatic rings. The van der Waals surface area contributed by atoms with Crippen molar-refractivity contribution in [2.75, 3.05) is 11.4 Å². The number of carbonyl (C=O) groups excluding carboxylic acids is 1. The Morgan fingerprint density at radius 2 is 1.85 bits per heavy atom. The summed E-state index contributed by atoms with van der Waals surface area (Å²) in [5.74, 6) is 0.480. The standard InChI is InChI=1S/C21H26N2O3S/c1-15(2)12-21(24)23-11-10-18-13-17(6-9-20(18)23)14-22-27(25,26)19-7-4-16(3)5-8-19/h4-9,13,15,22H,10-12,14H2,1-3H3. The highest BCUT2D eigenvalue weighted by atomic mass is 32.2. The maximum absolute atomic E-state index is 12.4. The summed E-state index contributed by atoms with van der Waals surface area (Å²) < 4.78 is 27.5. The number of anilines is 1. The molecule has 0 bridgehead atoms. The molecule has 1 heterocycles. The van der Waals surface area contributed by atoms with Crippen molar-refractivity contribution in [2.24, 2.45) is 5.92 Å². The van der Waals surface area contributed by atoms with Crippen molar-refractivity contribution in [1.29, 1.82) is 0 Å². The van der Waals surface area contributed by atoms with Crippen LogP contribution in [0, 0.1) is 12.8 Å². The van der Waals surface area contributed by atoms with Crippen LogP contribution in [0.4, 0.5) is 5.69 Å². The molecule has 2 aromatic rings. The first-order valence-electron chi connectivity index (χ1n) is 9.25. The molecule has 2 aromatic carbocycles. The van der Waals surface area contributed by atoms with Gasteiger partial charge < -0.3 is 4.90 Å². The van der Waals surface area contributed by atoms with Crippen molar-refractivity contribution >= 4 is 21.6 Å². The molecule has 0 atom stereocenters. The molecule has 1 aliphatic heterocycles. The maximum atomic E-state index is 12.4. The first kappa shape index (κ1) is 19.6. The molecular formula is C21H26N2O3S. The van der Waals surface area contributed by atoms with E-state index in [0.717, 1.165) is 28.8 Å². The summed E-state index contributed by atoms with van der Waals surface area (Å²) in [6.45, 7) is 6.92. The summed E-state index contributed by atoms with van der Waals surface area (Å²) in [6.07, 6.45) is 1.34. The molecule has 5 nitrogen and oxygen atoms in total. The smallest absolute Gasteiger partial charge is 0.240 e. The van der Waals surface area contributed by atoms with Gasteiger partial charge in [0.2, 0.25) is 15.9 Å². The van der Waals surface area contributed by atoms with Crippen molar-refractivity contribution in [1.82, 2.24) is 4.72 Å². The van der Waals surface area contributed by atoms with Gasteiger partial charge >= 0.3 is 0 Å². The number of nitrogens with zero attached hydrogens (tertiary/aromatic N) is 1. The molecule has 0 radical (unpaired) electrons. The van der Waals surface area contributed by atoms with Crippen LogP contribution >= 0.6 is 0 Å². The number of amides is 1. The minimum Gasteiger partial charge on any atom is -0.312 e. The Balaban J connectivity index is 1.69. The van der Waals surface area contributed by atoms with E-state index in [2.05, 4.69) is 4.72 Å². The van der Waals surface area contributed by atoms with Crippen molar-refractivity contribution in [3.8, 4) is 0 Å². The lowest BCUT2D eigenvalue weighted by atomic mass is 10.1. The molecule has 0 spiro atoms. The first-order valence-corrected chi connectivity index (χ1v) is 10.7. The number of sulfonamides is 1. The van der Waals surface area contributed by atoms with Gasteiger partial charge in [0.1, 0.15) is 0 Å². The van der Waals surface area contributed by atoms with Crippen LogP contribution in [-0.2, 0) is 27.8 Å². The molecule has 1 amide bonds. The fourth-order valence-electron chi connectivity index (χ4n) is 3.26. The predicted molar refractivity (Wildman–Crippen MR) is 107 cm³/mol. The monoisotopic (exact) mass is 386 g/mol. The summed E-state index contributed by atoms with van der Waals surface area (Å²) in [5, 5.41) is 0. The van der Waals surface area contributed by atoms with E-state index in [4.69, 9.17) is 0 Å². The summed E-state index contributed by atoms with van der Waals surface area (Å²) >= 11 is 0. The molecular weight excluding hydrogens is 360 g/mol. The number of hydrogen-bond acceptors (Lipinski definition) is 3. The largest absolute Gasteiger partial charge is 0.312 e. The second-order valence-corrected chi connectivity index (χ2v) is 9.26. The van der Waals surface area contributed by atoms with Gasteiger partial charge in [-0.3, -0.25) is 4.79 Å². The number of fused-ring (bicyclic) bond motifs is 1. The summed E-state index contributed by atoms with van der Waals surface area (Å²) in [5.41, 5.74) is 3.96. The summed E-state index contributed by atoms with van der Waals surface area (Å²) in [7, 11) is -3.54. The van der Waals surface area contributed by atoms with Crippen molar-refractivity contribution < 1.29 is 13.2 Å². The molecule has 0 fully saturated rings. The van der Waals surface area contributed by atoms with Gasteiger partial charge in [0.15, 0.2) is 0 Å². The quantitative estimate of drug-likeness (QED) is 0.827. The molecule has 3 rings (SSSR count). The molecule has 0 saturated heterocycles. The first-order chi connectivity index (χ1) is 12.8. The summed E-state index contributed by atoms with van der Waals surface area (Å²) in [4.78, 5) is 14.5. The Kier molecular flexibility index (Phi) is 5.67. The molecule has 1 N–H and O–H groups in total. The van der Waals surface area contributed by atoms with E-state index < -0.39 is 10.0 Å². The van der Waals surface area contributed by atoms with Crippen molar-refractivity contribution in [2.45, 2.75) is 45.1 Å². The Morgan fingerprint density at radius 3 is 2.52 bits per heavy atom. The van der Waals surface area contributed by atoms with Gasteiger partial charge in [0.25, 0.3) is 0 Å². The molecule has 0 unspecified atom stereocenters. The minimum atomic E-state index is -3.54. The minimum absolute atomic E-state index is 0.150. The number of nitrogens with one attached hydrogen (secondary N) is 1. The highest BCUT2D eigenvalue weighted by Gasteiger charge is 2.25. The number of carbonyl (C=O) groups is 1. The normalized spacial score (nSPS) is 13.9. The van der Waals surface area contributed by atoms with Gasteiger partial charge in [0.05, 0.1) is 4.90 Å². The van der Waals surface area contributed by atoms with E-state index >= 15 is 0 Å². The van der Waals surface area contributed by atoms with Crippen LogP contribution in [0.3, 0.4) is 0 Å². The van der Waals surface area contributed by atoms with Gasteiger partial charge in [-0.2, -0.15) is 0 Å². The van der Waals surface area contributed by atoms with Gasteiger partial charge in [-0.15, -0.1) is 0 Å². The van der Waals surface area contributed by atoms with E-state index in [9.17, 15) is 13.2 Å². The lowest BCUT2D eigenvalue weighted by Crippen LogP contribution is -2.29. The van der Waals surface area contributed by atoms with Gasteiger partial charge in [-0.1, -0.05) is 43.7 Å². The Morgan fingerprint density at radius 1 is 1.15 bits per heavy atom. The van der Waals surface area contributed by atoms with Crippen LogP contribution in [0.1, 0.15) is 37.0 Å². The number of rotatable bonds is 6.